The molecule has 0 aromatic heterocycles. The van der Waals surface area contributed by atoms with E-state index in [-0.39, 0.29) is 0 Å². The number of halogens is 6. The molecule has 0 radical (unpaired) electrons. The van der Waals surface area contributed by atoms with E-state index in [1.54, 1.807) is 13.8 Å². The lowest BCUT2D eigenvalue weighted by Crippen LogP contribution is -2.24. The van der Waals surface area contributed by atoms with Gasteiger partial charge in [-0.2, -0.15) is 17.6 Å². The summed E-state index contributed by atoms with van der Waals surface area (Å²) < 4.78 is 49.7. The summed E-state index contributed by atoms with van der Waals surface area (Å²) in [7, 11) is 0. The normalized spacial score (nSPS) is 12.3. The quantitative estimate of drug-likeness (QED) is 0.392. The predicted molar refractivity (Wildman–Crippen MR) is 49.1 cm³/mol. The van der Waals surface area contributed by atoms with E-state index in [9.17, 15) is 17.6 Å². The largest absolute Gasteiger partial charge is 0.351 e. The SMILES string of the molecule is CC(C)=CC=C(C(F)(F)Cl)C(F)(F)Cl. The van der Waals surface area contributed by atoms with Gasteiger partial charge in [0.1, 0.15) is 0 Å². The molecular formula is C8H8Cl2F4. The van der Waals surface area contributed by atoms with Gasteiger partial charge in [0.25, 0.3) is 0 Å². The second kappa shape index (κ2) is 4.53. The van der Waals surface area contributed by atoms with Crippen molar-refractivity contribution in [1.82, 2.24) is 0 Å². The third kappa shape index (κ3) is 4.86. The van der Waals surface area contributed by atoms with E-state index < -0.39 is 16.3 Å². The Balaban J connectivity index is 5.15. The molecule has 0 aliphatic carbocycles. The predicted octanol–water partition coefficient (Wildman–Crippen LogP) is 4.54. The lowest BCUT2D eigenvalue weighted by molar-refractivity contribution is 0.0563. The topological polar surface area (TPSA) is 0 Å². The van der Waals surface area contributed by atoms with Crippen molar-refractivity contribution in [2.75, 3.05) is 0 Å². The second-order valence-electron chi connectivity index (χ2n) is 2.82. The van der Waals surface area contributed by atoms with Crippen molar-refractivity contribution in [1.29, 1.82) is 0 Å². The number of hydrogen-bond acceptors (Lipinski definition) is 0. The van der Waals surface area contributed by atoms with Crippen molar-refractivity contribution in [2.45, 2.75) is 24.6 Å². The van der Waals surface area contributed by atoms with Crippen LogP contribution in [0.15, 0.2) is 23.3 Å². The molecule has 82 valence electrons. The Bertz CT molecular complexity index is 237. The van der Waals surface area contributed by atoms with Crippen molar-refractivity contribution >= 4 is 23.2 Å². The Morgan fingerprint density at radius 1 is 0.929 bits per heavy atom. The second-order valence-corrected chi connectivity index (χ2v) is 3.77. The van der Waals surface area contributed by atoms with E-state index in [0.717, 1.165) is 6.08 Å². The van der Waals surface area contributed by atoms with Crippen LogP contribution in [0.4, 0.5) is 17.6 Å². The average Bonchev–Trinajstić information content (AvgIpc) is 1.78. The Morgan fingerprint density at radius 2 is 1.29 bits per heavy atom. The highest BCUT2D eigenvalue weighted by molar-refractivity contribution is 6.28. The molecule has 0 heterocycles. The van der Waals surface area contributed by atoms with E-state index in [1.807, 2.05) is 0 Å². The Hall–Kier alpha value is -0.220. The fraction of sp³-hybridized carbons (Fsp3) is 0.500. The van der Waals surface area contributed by atoms with Crippen LogP contribution in [0, 0.1) is 0 Å². The summed E-state index contributed by atoms with van der Waals surface area (Å²) in [5.74, 6) is 0. The van der Waals surface area contributed by atoms with Crippen molar-refractivity contribution in [3.63, 3.8) is 0 Å². The molecule has 0 saturated carbocycles. The van der Waals surface area contributed by atoms with Gasteiger partial charge >= 0.3 is 10.8 Å². The third-order valence-electron chi connectivity index (χ3n) is 1.19. The van der Waals surface area contributed by atoms with Gasteiger partial charge in [0.05, 0.1) is 5.57 Å². The standard InChI is InChI=1S/C8H8Cl2F4/c1-5(2)3-4-6(7(9,11)12)8(10,13)14/h3-4H,1-2H3. The van der Waals surface area contributed by atoms with Crippen LogP contribution in [0.5, 0.6) is 0 Å². The van der Waals surface area contributed by atoms with Gasteiger partial charge in [-0.3, -0.25) is 0 Å². The minimum atomic E-state index is -4.16. The summed E-state index contributed by atoms with van der Waals surface area (Å²) in [6.45, 7) is 3.12. The lowest BCUT2D eigenvalue weighted by atomic mass is 10.2. The van der Waals surface area contributed by atoms with Gasteiger partial charge in [-0.25, -0.2) is 0 Å². The first-order valence-corrected chi connectivity index (χ1v) is 4.30. The maximum atomic E-state index is 12.4. The van der Waals surface area contributed by atoms with Crippen molar-refractivity contribution in [3.05, 3.63) is 23.3 Å². The van der Waals surface area contributed by atoms with E-state index in [1.165, 1.54) is 0 Å². The highest BCUT2D eigenvalue weighted by Crippen LogP contribution is 2.41. The molecule has 0 spiro atoms. The number of alkyl halides is 6. The molecule has 0 aromatic carbocycles. The molecule has 0 aromatic rings. The highest BCUT2D eigenvalue weighted by Gasteiger charge is 2.46. The van der Waals surface area contributed by atoms with Crippen LogP contribution in [-0.2, 0) is 0 Å². The Kier molecular flexibility index (Phi) is 4.46. The van der Waals surface area contributed by atoms with E-state index in [0.29, 0.717) is 11.6 Å². The smallest absolute Gasteiger partial charge is 0.183 e. The molecule has 14 heavy (non-hydrogen) atoms. The minimum absolute atomic E-state index is 0.523. The summed E-state index contributed by atoms with van der Waals surface area (Å²) >= 11 is 8.94. The molecule has 0 aliphatic rings. The van der Waals surface area contributed by atoms with Crippen molar-refractivity contribution in [2.24, 2.45) is 0 Å². The summed E-state index contributed by atoms with van der Waals surface area (Å²) in [5.41, 5.74) is -1.06. The van der Waals surface area contributed by atoms with Crippen LogP contribution in [0.25, 0.3) is 0 Å². The van der Waals surface area contributed by atoms with Gasteiger partial charge in [-0.15, -0.1) is 0 Å². The van der Waals surface area contributed by atoms with E-state index >= 15 is 0 Å². The first-order chi connectivity index (χ1) is 6.05. The third-order valence-corrected chi connectivity index (χ3v) is 1.60. The van der Waals surface area contributed by atoms with Crippen LogP contribution in [-0.4, -0.2) is 10.8 Å². The maximum Gasteiger partial charge on any atom is 0.351 e. The number of hydrogen-bond donors (Lipinski definition) is 0. The molecule has 0 N–H and O–H groups in total. The first kappa shape index (κ1) is 13.8. The van der Waals surface area contributed by atoms with E-state index in [4.69, 9.17) is 0 Å². The molecule has 0 saturated heterocycles. The van der Waals surface area contributed by atoms with Gasteiger partial charge in [0, 0.05) is 0 Å². The van der Waals surface area contributed by atoms with Gasteiger partial charge in [0.2, 0.25) is 0 Å². The molecule has 6 heteroatoms. The maximum absolute atomic E-state index is 12.4. The Morgan fingerprint density at radius 3 is 1.50 bits per heavy atom. The van der Waals surface area contributed by atoms with Crippen LogP contribution < -0.4 is 0 Å². The van der Waals surface area contributed by atoms with E-state index in [2.05, 4.69) is 23.2 Å². The number of rotatable bonds is 3. The molecular weight excluding hydrogens is 243 g/mol. The van der Waals surface area contributed by atoms with Crippen LogP contribution in [0.2, 0.25) is 0 Å². The van der Waals surface area contributed by atoms with Gasteiger partial charge in [-0.05, 0) is 43.1 Å². The minimum Gasteiger partial charge on any atom is -0.183 e. The highest BCUT2D eigenvalue weighted by atomic mass is 35.5. The summed E-state index contributed by atoms with van der Waals surface area (Å²) in [5, 5.41) is -8.31. The van der Waals surface area contributed by atoms with Crippen LogP contribution >= 0.6 is 23.2 Å². The summed E-state index contributed by atoms with van der Waals surface area (Å²) in [4.78, 5) is 0. The summed E-state index contributed by atoms with van der Waals surface area (Å²) in [6.07, 6.45) is 1.61. The molecule has 0 bridgehead atoms. The molecule has 0 nitrogen and oxygen atoms in total. The zero-order valence-electron chi connectivity index (χ0n) is 7.42. The fourth-order valence-corrected chi connectivity index (χ4v) is 1.01. The van der Waals surface area contributed by atoms with Crippen LogP contribution in [0.1, 0.15) is 13.8 Å². The number of allylic oxidation sites excluding steroid dienone is 4. The average molecular weight is 251 g/mol. The molecule has 0 fully saturated rings. The van der Waals surface area contributed by atoms with Crippen molar-refractivity contribution in [3.8, 4) is 0 Å². The zero-order valence-corrected chi connectivity index (χ0v) is 8.93. The van der Waals surface area contributed by atoms with Crippen molar-refractivity contribution < 1.29 is 17.6 Å². The zero-order chi connectivity index (χ0) is 11.6. The van der Waals surface area contributed by atoms with Crippen LogP contribution in [0.3, 0.4) is 0 Å². The van der Waals surface area contributed by atoms with Gasteiger partial charge < -0.3 is 0 Å². The molecule has 0 unspecified atom stereocenters. The Labute approximate surface area is 89.2 Å². The first-order valence-electron chi connectivity index (χ1n) is 3.54. The molecule has 0 rings (SSSR count). The monoisotopic (exact) mass is 250 g/mol. The fourth-order valence-electron chi connectivity index (χ4n) is 0.600. The molecule has 0 aliphatic heterocycles. The molecule has 0 atom stereocenters. The lowest BCUT2D eigenvalue weighted by Gasteiger charge is -2.16. The van der Waals surface area contributed by atoms with Gasteiger partial charge in [-0.1, -0.05) is 11.6 Å². The van der Waals surface area contributed by atoms with Gasteiger partial charge in [0.15, 0.2) is 0 Å². The molecule has 0 amide bonds. The summed E-state index contributed by atoms with van der Waals surface area (Å²) in [6, 6.07) is 0.